The molecule has 9 heteroatoms. The predicted octanol–water partition coefficient (Wildman–Crippen LogP) is 2.64. The third-order valence-electron chi connectivity index (χ3n) is 6.38. The molecule has 2 saturated heterocycles. The molecule has 4 heterocycles. The van der Waals surface area contributed by atoms with E-state index in [0.717, 1.165) is 39.0 Å². The second-order valence-corrected chi connectivity index (χ2v) is 8.55. The highest BCUT2D eigenvalue weighted by Crippen LogP contribution is 2.25. The molecule has 2 fully saturated rings. The molecule has 3 aromatic rings. The zero-order valence-corrected chi connectivity index (χ0v) is 17.6. The van der Waals surface area contributed by atoms with Crippen LogP contribution in [-0.4, -0.2) is 51.0 Å². The maximum atomic E-state index is 13.5. The molecule has 164 valence electrons. The van der Waals surface area contributed by atoms with Gasteiger partial charge in [-0.25, -0.2) is 9.37 Å². The van der Waals surface area contributed by atoms with Gasteiger partial charge in [0.05, 0.1) is 30.0 Å². The molecule has 2 aliphatic rings. The number of hydrogen-bond donors (Lipinski definition) is 0. The second kappa shape index (κ2) is 8.47. The summed E-state index contributed by atoms with van der Waals surface area (Å²) in [4.78, 5) is 19.7. The van der Waals surface area contributed by atoms with E-state index in [9.17, 15) is 9.18 Å². The Morgan fingerprint density at radius 2 is 2.03 bits per heavy atom. The first-order valence-corrected chi connectivity index (χ1v) is 10.9. The van der Waals surface area contributed by atoms with Crippen molar-refractivity contribution in [3.63, 3.8) is 0 Å². The van der Waals surface area contributed by atoms with Crippen LogP contribution in [0.25, 0.3) is 10.9 Å². The lowest BCUT2D eigenvalue weighted by Crippen LogP contribution is -2.36. The highest BCUT2D eigenvalue weighted by atomic mass is 19.1. The highest BCUT2D eigenvalue weighted by Gasteiger charge is 2.26. The standard InChI is InChI=1S/C22H26FN5O3/c1-14-24-19-10-17(23)2-3-18(19)22(29)28(14)11-15-4-7-27(8-5-15)12-20-25-26-21(31-20)16-6-9-30-13-16/h2-3,10,15-16H,4-9,11-13H2,1H3. The van der Waals surface area contributed by atoms with Gasteiger partial charge in [-0.3, -0.25) is 14.3 Å². The number of aromatic nitrogens is 4. The molecule has 0 spiro atoms. The first kappa shape index (κ1) is 20.3. The predicted molar refractivity (Wildman–Crippen MR) is 111 cm³/mol. The van der Waals surface area contributed by atoms with Crippen LogP contribution in [0.15, 0.2) is 27.4 Å². The molecule has 0 saturated carbocycles. The molecule has 0 amide bonds. The van der Waals surface area contributed by atoms with Crippen LogP contribution in [0.4, 0.5) is 4.39 Å². The minimum Gasteiger partial charge on any atom is -0.423 e. The van der Waals surface area contributed by atoms with Crippen LogP contribution in [0.5, 0.6) is 0 Å². The first-order chi connectivity index (χ1) is 15.1. The molecule has 1 atom stereocenters. The van der Waals surface area contributed by atoms with Gasteiger partial charge in [0.15, 0.2) is 0 Å². The zero-order valence-electron chi connectivity index (χ0n) is 17.6. The van der Waals surface area contributed by atoms with Gasteiger partial charge < -0.3 is 9.15 Å². The van der Waals surface area contributed by atoms with E-state index in [1.807, 2.05) is 6.92 Å². The summed E-state index contributed by atoms with van der Waals surface area (Å²) < 4.78 is 26.4. The van der Waals surface area contributed by atoms with Crippen LogP contribution < -0.4 is 5.56 Å². The number of rotatable bonds is 5. The van der Waals surface area contributed by atoms with Crippen LogP contribution in [0.1, 0.15) is 42.8 Å². The molecular formula is C22H26FN5O3. The van der Waals surface area contributed by atoms with E-state index in [1.54, 1.807) is 4.57 Å². The Balaban J connectivity index is 1.20. The fourth-order valence-corrected chi connectivity index (χ4v) is 4.52. The molecule has 1 aromatic carbocycles. The molecule has 2 aliphatic heterocycles. The Kier molecular flexibility index (Phi) is 5.54. The first-order valence-electron chi connectivity index (χ1n) is 10.9. The van der Waals surface area contributed by atoms with E-state index in [-0.39, 0.29) is 17.3 Å². The van der Waals surface area contributed by atoms with Crippen molar-refractivity contribution in [2.45, 2.75) is 45.2 Å². The Hall–Kier alpha value is -2.65. The normalized spacial score (nSPS) is 20.6. The molecule has 8 nitrogen and oxygen atoms in total. The van der Waals surface area contributed by atoms with Gasteiger partial charge in [0.1, 0.15) is 11.6 Å². The smallest absolute Gasteiger partial charge is 0.261 e. The minimum atomic E-state index is -0.381. The average Bonchev–Trinajstić information content (AvgIpc) is 3.44. The van der Waals surface area contributed by atoms with E-state index in [4.69, 9.17) is 9.15 Å². The van der Waals surface area contributed by atoms with Gasteiger partial charge in [-0.05, 0) is 57.3 Å². The minimum absolute atomic E-state index is 0.0980. The van der Waals surface area contributed by atoms with Crippen molar-refractivity contribution in [3.05, 3.63) is 52.0 Å². The van der Waals surface area contributed by atoms with Crippen molar-refractivity contribution in [3.8, 4) is 0 Å². The summed E-state index contributed by atoms with van der Waals surface area (Å²) in [5.74, 6) is 2.19. The summed E-state index contributed by atoms with van der Waals surface area (Å²) in [6.07, 6.45) is 2.89. The van der Waals surface area contributed by atoms with E-state index in [1.165, 1.54) is 18.2 Å². The van der Waals surface area contributed by atoms with E-state index < -0.39 is 0 Å². The number of piperidine rings is 1. The maximum Gasteiger partial charge on any atom is 0.261 e. The largest absolute Gasteiger partial charge is 0.423 e. The number of benzene rings is 1. The number of nitrogens with zero attached hydrogens (tertiary/aromatic N) is 5. The fraction of sp³-hybridized carbons (Fsp3) is 0.545. The third kappa shape index (κ3) is 4.24. The SMILES string of the molecule is Cc1nc2cc(F)ccc2c(=O)n1CC1CCN(Cc2nnc(C3CCOC3)o2)CC1. The van der Waals surface area contributed by atoms with Gasteiger partial charge in [0.25, 0.3) is 5.56 Å². The molecule has 0 radical (unpaired) electrons. The fourth-order valence-electron chi connectivity index (χ4n) is 4.52. The van der Waals surface area contributed by atoms with Gasteiger partial charge in [-0.15, -0.1) is 10.2 Å². The summed E-state index contributed by atoms with van der Waals surface area (Å²) in [5.41, 5.74) is 0.316. The second-order valence-electron chi connectivity index (χ2n) is 8.55. The van der Waals surface area contributed by atoms with Gasteiger partial charge >= 0.3 is 0 Å². The van der Waals surface area contributed by atoms with Crippen molar-refractivity contribution in [2.24, 2.45) is 5.92 Å². The molecular weight excluding hydrogens is 401 g/mol. The third-order valence-corrected chi connectivity index (χ3v) is 6.38. The van der Waals surface area contributed by atoms with Crippen LogP contribution >= 0.6 is 0 Å². The Bertz CT molecular complexity index is 1130. The van der Waals surface area contributed by atoms with Gasteiger partial charge in [-0.1, -0.05) is 0 Å². The van der Waals surface area contributed by atoms with Crippen LogP contribution in [-0.2, 0) is 17.8 Å². The molecule has 0 aliphatic carbocycles. The van der Waals surface area contributed by atoms with Crippen LogP contribution in [0, 0.1) is 18.7 Å². The van der Waals surface area contributed by atoms with Crippen molar-refractivity contribution in [2.75, 3.05) is 26.3 Å². The van der Waals surface area contributed by atoms with Crippen molar-refractivity contribution < 1.29 is 13.5 Å². The number of hydrogen-bond acceptors (Lipinski definition) is 7. The van der Waals surface area contributed by atoms with Gasteiger partial charge in [0.2, 0.25) is 11.8 Å². The topological polar surface area (TPSA) is 86.3 Å². The van der Waals surface area contributed by atoms with Crippen LogP contribution in [0.2, 0.25) is 0 Å². The summed E-state index contributed by atoms with van der Waals surface area (Å²) in [5, 5.41) is 8.86. The van der Waals surface area contributed by atoms with Crippen molar-refractivity contribution >= 4 is 10.9 Å². The van der Waals surface area contributed by atoms with E-state index >= 15 is 0 Å². The average molecular weight is 427 g/mol. The molecule has 0 N–H and O–H groups in total. The highest BCUT2D eigenvalue weighted by molar-refractivity contribution is 5.77. The zero-order chi connectivity index (χ0) is 21.4. The summed E-state index contributed by atoms with van der Waals surface area (Å²) in [7, 11) is 0. The number of halogens is 1. The molecule has 5 rings (SSSR count). The number of fused-ring (bicyclic) bond motifs is 1. The monoisotopic (exact) mass is 427 g/mol. The van der Waals surface area contributed by atoms with Gasteiger partial charge in [0, 0.05) is 19.2 Å². The van der Waals surface area contributed by atoms with Crippen LogP contribution in [0.3, 0.4) is 0 Å². The lowest BCUT2D eigenvalue weighted by molar-refractivity contribution is 0.152. The lowest BCUT2D eigenvalue weighted by atomic mass is 9.96. The van der Waals surface area contributed by atoms with Crippen molar-refractivity contribution in [1.82, 2.24) is 24.6 Å². The molecule has 1 unspecified atom stereocenters. The molecule has 0 bridgehead atoms. The number of likely N-dealkylation sites (tertiary alicyclic amines) is 1. The Morgan fingerprint density at radius 1 is 1.19 bits per heavy atom. The van der Waals surface area contributed by atoms with E-state index in [0.29, 0.717) is 54.1 Å². The van der Waals surface area contributed by atoms with Crippen molar-refractivity contribution in [1.29, 1.82) is 0 Å². The lowest BCUT2D eigenvalue weighted by Gasteiger charge is -2.31. The van der Waals surface area contributed by atoms with E-state index in [2.05, 4.69) is 20.1 Å². The van der Waals surface area contributed by atoms with Gasteiger partial charge in [-0.2, -0.15) is 0 Å². The quantitative estimate of drug-likeness (QED) is 0.619. The number of aryl methyl sites for hydroxylation is 1. The number of ether oxygens (including phenoxy) is 1. The summed E-state index contributed by atoms with van der Waals surface area (Å²) >= 11 is 0. The Morgan fingerprint density at radius 3 is 2.81 bits per heavy atom. The summed E-state index contributed by atoms with van der Waals surface area (Å²) in [6, 6.07) is 4.15. The summed E-state index contributed by atoms with van der Waals surface area (Å²) in [6.45, 7) is 6.32. The molecule has 2 aromatic heterocycles. The molecule has 31 heavy (non-hydrogen) atoms. The Labute approximate surface area is 179 Å². The maximum absolute atomic E-state index is 13.5.